The summed E-state index contributed by atoms with van der Waals surface area (Å²) in [5.74, 6) is 1.75. The number of methoxy groups -OCH3 is 1. The van der Waals surface area contributed by atoms with Gasteiger partial charge in [0.15, 0.2) is 11.7 Å². The highest BCUT2D eigenvalue weighted by molar-refractivity contribution is 6.30. The van der Waals surface area contributed by atoms with E-state index < -0.39 is 0 Å². The van der Waals surface area contributed by atoms with Gasteiger partial charge in [0.05, 0.1) is 12.8 Å². The van der Waals surface area contributed by atoms with E-state index in [1.54, 1.807) is 13.3 Å². The topological polar surface area (TPSA) is 55.6 Å². The quantitative estimate of drug-likeness (QED) is 0.673. The molecule has 0 unspecified atom stereocenters. The first-order valence-electron chi connectivity index (χ1n) is 8.47. The molecule has 25 heavy (non-hydrogen) atoms. The number of benzene rings is 1. The lowest BCUT2D eigenvalue weighted by Gasteiger charge is -2.24. The van der Waals surface area contributed by atoms with Gasteiger partial charge in [-0.05, 0) is 30.2 Å². The van der Waals surface area contributed by atoms with Crippen LogP contribution in [0.3, 0.4) is 0 Å². The summed E-state index contributed by atoms with van der Waals surface area (Å²) in [6.45, 7) is 6.07. The van der Waals surface area contributed by atoms with Crippen molar-refractivity contribution >= 4 is 17.5 Å². The number of carbonyl (C=O) groups is 1. The van der Waals surface area contributed by atoms with Crippen molar-refractivity contribution in [2.45, 2.75) is 26.7 Å². The van der Waals surface area contributed by atoms with Gasteiger partial charge in [-0.15, -0.1) is 0 Å². The first kappa shape index (κ1) is 19.5. The molecule has 0 atom stereocenters. The number of hydrogen-bond acceptors (Lipinski definition) is 4. The van der Waals surface area contributed by atoms with Crippen LogP contribution in [0.2, 0.25) is 5.02 Å². The molecule has 1 amide bonds. The van der Waals surface area contributed by atoms with E-state index in [-0.39, 0.29) is 5.91 Å². The van der Waals surface area contributed by atoms with Crippen LogP contribution in [0.1, 0.15) is 26.2 Å². The molecular weight excluding hydrogens is 340 g/mol. The number of carbonyl (C=O) groups excluding carboxylic acids is 1. The van der Waals surface area contributed by atoms with Crippen LogP contribution in [0.5, 0.6) is 0 Å². The minimum absolute atomic E-state index is 0.0944. The van der Waals surface area contributed by atoms with Gasteiger partial charge in [0, 0.05) is 43.6 Å². The monoisotopic (exact) mass is 364 g/mol. The molecule has 0 N–H and O–H groups in total. The molecule has 0 radical (unpaired) electrons. The van der Waals surface area contributed by atoms with E-state index in [1.807, 2.05) is 29.2 Å². The number of aromatic nitrogens is 1. The highest BCUT2D eigenvalue weighted by Gasteiger charge is 2.16. The molecule has 0 aliphatic carbocycles. The second-order valence-electron chi connectivity index (χ2n) is 6.35. The number of oxazole rings is 1. The minimum Gasteiger partial charge on any atom is -0.441 e. The van der Waals surface area contributed by atoms with Gasteiger partial charge in [0.1, 0.15) is 0 Å². The molecule has 0 spiro atoms. The highest BCUT2D eigenvalue weighted by Crippen LogP contribution is 2.22. The van der Waals surface area contributed by atoms with Crippen LogP contribution in [0.25, 0.3) is 11.3 Å². The van der Waals surface area contributed by atoms with Gasteiger partial charge in [0.25, 0.3) is 0 Å². The summed E-state index contributed by atoms with van der Waals surface area (Å²) in [5, 5.41) is 0.676. The van der Waals surface area contributed by atoms with Crippen molar-refractivity contribution in [1.82, 2.24) is 9.88 Å². The van der Waals surface area contributed by atoms with E-state index in [0.29, 0.717) is 48.6 Å². The van der Waals surface area contributed by atoms with E-state index in [4.69, 9.17) is 20.8 Å². The lowest BCUT2D eigenvalue weighted by molar-refractivity contribution is -0.132. The first-order chi connectivity index (χ1) is 12.0. The third-order valence-corrected chi connectivity index (χ3v) is 3.99. The average Bonchev–Trinajstić information content (AvgIpc) is 3.05. The molecule has 6 heteroatoms. The van der Waals surface area contributed by atoms with Crippen molar-refractivity contribution in [3.8, 4) is 11.3 Å². The minimum atomic E-state index is 0.0944. The Bertz CT molecular complexity index is 668. The van der Waals surface area contributed by atoms with Crippen LogP contribution in [-0.4, -0.2) is 42.6 Å². The molecule has 0 fully saturated rings. The molecule has 0 saturated heterocycles. The third kappa shape index (κ3) is 6.18. The normalized spacial score (nSPS) is 11.1. The van der Waals surface area contributed by atoms with Crippen LogP contribution in [0.15, 0.2) is 34.9 Å². The number of hydrogen-bond donors (Lipinski definition) is 0. The van der Waals surface area contributed by atoms with Gasteiger partial charge in [0.2, 0.25) is 5.91 Å². The molecule has 136 valence electrons. The molecule has 0 bridgehead atoms. The first-order valence-corrected chi connectivity index (χ1v) is 8.84. The van der Waals surface area contributed by atoms with Crippen molar-refractivity contribution in [3.05, 3.63) is 41.4 Å². The van der Waals surface area contributed by atoms with Gasteiger partial charge in [-0.1, -0.05) is 25.4 Å². The molecule has 1 aromatic heterocycles. The Morgan fingerprint density at radius 3 is 2.68 bits per heavy atom. The van der Waals surface area contributed by atoms with Gasteiger partial charge in [-0.25, -0.2) is 4.98 Å². The SMILES string of the molecule is COCCN(CC(C)C)C(=O)CCc1ncc(-c2ccc(Cl)cc2)o1. The van der Waals surface area contributed by atoms with E-state index in [1.165, 1.54) is 0 Å². The average molecular weight is 365 g/mol. The standard InChI is InChI=1S/C19H25ClN2O3/c1-14(2)13-22(10-11-24-3)19(23)9-8-18-21-12-17(25-18)15-4-6-16(20)7-5-15/h4-7,12,14H,8-11,13H2,1-3H3. The summed E-state index contributed by atoms with van der Waals surface area (Å²) in [5.41, 5.74) is 0.913. The lowest BCUT2D eigenvalue weighted by atomic mass is 10.2. The predicted octanol–water partition coefficient (Wildman–Crippen LogP) is 4.06. The molecule has 0 saturated carbocycles. The second kappa shape index (κ2) is 9.59. The Morgan fingerprint density at radius 2 is 2.04 bits per heavy atom. The summed E-state index contributed by atoms with van der Waals surface area (Å²) < 4.78 is 10.8. The fourth-order valence-electron chi connectivity index (χ4n) is 2.51. The molecule has 2 rings (SSSR count). The Labute approximate surface area is 153 Å². The van der Waals surface area contributed by atoms with Crippen LogP contribution < -0.4 is 0 Å². The van der Waals surface area contributed by atoms with Gasteiger partial charge < -0.3 is 14.1 Å². The largest absolute Gasteiger partial charge is 0.441 e. The Hall–Kier alpha value is -1.85. The van der Waals surface area contributed by atoms with Gasteiger partial charge >= 0.3 is 0 Å². The smallest absolute Gasteiger partial charge is 0.223 e. The summed E-state index contributed by atoms with van der Waals surface area (Å²) in [7, 11) is 1.64. The van der Waals surface area contributed by atoms with Crippen LogP contribution >= 0.6 is 11.6 Å². The zero-order valence-corrected chi connectivity index (χ0v) is 15.8. The fourth-order valence-corrected chi connectivity index (χ4v) is 2.63. The molecule has 0 aliphatic heterocycles. The van der Waals surface area contributed by atoms with E-state index in [9.17, 15) is 4.79 Å². The van der Waals surface area contributed by atoms with E-state index in [2.05, 4.69) is 18.8 Å². The van der Waals surface area contributed by atoms with Crippen LogP contribution in [-0.2, 0) is 16.0 Å². The molecule has 1 aromatic carbocycles. The lowest BCUT2D eigenvalue weighted by Crippen LogP contribution is -2.36. The molecule has 5 nitrogen and oxygen atoms in total. The maximum atomic E-state index is 12.5. The number of rotatable bonds is 9. The molecule has 0 aliphatic rings. The Morgan fingerprint density at radius 1 is 1.32 bits per heavy atom. The van der Waals surface area contributed by atoms with Crippen LogP contribution in [0, 0.1) is 5.92 Å². The number of nitrogens with zero attached hydrogens (tertiary/aromatic N) is 2. The van der Waals surface area contributed by atoms with E-state index >= 15 is 0 Å². The fraction of sp³-hybridized carbons (Fsp3) is 0.474. The van der Waals surface area contributed by atoms with Crippen LogP contribution in [0.4, 0.5) is 0 Å². The zero-order valence-electron chi connectivity index (χ0n) is 15.0. The number of ether oxygens (including phenoxy) is 1. The van der Waals surface area contributed by atoms with Gasteiger partial charge in [-0.2, -0.15) is 0 Å². The number of amides is 1. The number of halogens is 1. The molecule has 1 heterocycles. The zero-order chi connectivity index (χ0) is 18.2. The summed E-state index contributed by atoms with van der Waals surface area (Å²) in [6.07, 6.45) is 2.53. The van der Waals surface area contributed by atoms with Crippen molar-refractivity contribution < 1.29 is 13.9 Å². The van der Waals surface area contributed by atoms with Crippen molar-refractivity contribution in [2.75, 3.05) is 26.8 Å². The summed E-state index contributed by atoms with van der Waals surface area (Å²) in [4.78, 5) is 18.6. The molecule has 2 aromatic rings. The van der Waals surface area contributed by atoms with Crippen molar-refractivity contribution in [3.63, 3.8) is 0 Å². The third-order valence-electron chi connectivity index (χ3n) is 3.74. The summed E-state index contributed by atoms with van der Waals surface area (Å²) >= 11 is 5.89. The predicted molar refractivity (Wildman–Crippen MR) is 98.6 cm³/mol. The Kier molecular flexibility index (Phi) is 7.47. The van der Waals surface area contributed by atoms with Crippen molar-refractivity contribution in [1.29, 1.82) is 0 Å². The highest BCUT2D eigenvalue weighted by atomic mass is 35.5. The Balaban J connectivity index is 1.93. The van der Waals surface area contributed by atoms with Crippen molar-refractivity contribution in [2.24, 2.45) is 5.92 Å². The van der Waals surface area contributed by atoms with E-state index in [0.717, 1.165) is 12.1 Å². The maximum Gasteiger partial charge on any atom is 0.223 e. The maximum absolute atomic E-state index is 12.5. The number of aryl methyl sites for hydroxylation is 1. The molecular formula is C19H25ClN2O3. The summed E-state index contributed by atoms with van der Waals surface area (Å²) in [6, 6.07) is 7.38. The van der Waals surface area contributed by atoms with Gasteiger partial charge in [-0.3, -0.25) is 4.79 Å². The second-order valence-corrected chi connectivity index (χ2v) is 6.79.